The molecule has 0 atom stereocenters. The molecule has 0 amide bonds. The van der Waals surface area contributed by atoms with Crippen molar-refractivity contribution >= 4 is 0 Å². The van der Waals surface area contributed by atoms with Gasteiger partial charge in [-0.1, -0.05) is 0 Å². The Morgan fingerprint density at radius 1 is 0.714 bits per heavy atom. The van der Waals surface area contributed by atoms with Crippen LogP contribution < -0.4 is 57.8 Å². The summed E-state index contributed by atoms with van der Waals surface area (Å²) in [5.41, 5.74) is 0. The van der Waals surface area contributed by atoms with Gasteiger partial charge in [-0.05, 0) is 0 Å². The zero-order chi connectivity index (χ0) is 5.41. The molecule has 7 heteroatoms. The topological polar surface area (TPSA) is 92.2 Å². The summed E-state index contributed by atoms with van der Waals surface area (Å²) in [5, 5.41) is 0. The van der Waals surface area contributed by atoms with Gasteiger partial charge in [-0.25, -0.2) is 0 Å². The van der Waals surface area contributed by atoms with Crippen LogP contribution in [-0.4, -0.2) is 0 Å². The minimum atomic E-state index is -1.91. The van der Waals surface area contributed by atoms with E-state index in [1.54, 1.807) is 0 Å². The van der Waals surface area contributed by atoms with Crippen LogP contribution >= 0.6 is 0 Å². The van der Waals surface area contributed by atoms with Crippen LogP contribution in [0.2, 0.25) is 0 Å². The summed E-state index contributed by atoms with van der Waals surface area (Å²) in [6, 6.07) is 0. The normalized spacial score (nSPS) is 5.14. The molecule has 40 valence electrons. The zero-order valence-electron chi connectivity index (χ0n) is 3.10. The number of hydrogen-bond acceptors (Lipinski definition) is 4. The molecule has 0 aromatic carbocycles. The Bertz CT molecular complexity index is 11.7. The molecule has 0 heterocycles. The van der Waals surface area contributed by atoms with Gasteiger partial charge in [-0.2, -0.15) is 0 Å². The largest absolute Gasteiger partial charge is 2.00 e. The van der Waals surface area contributed by atoms with E-state index in [9.17, 15) is 0 Å². The van der Waals surface area contributed by atoms with E-state index < -0.39 is 44.1 Å². The minimum absolute atomic E-state index is 0. The smallest absolute Gasteiger partial charge is 0.599 e. The fourth-order valence-electron chi connectivity index (χ4n) is 0. The van der Waals surface area contributed by atoms with E-state index in [1.165, 1.54) is 0 Å². The predicted molar refractivity (Wildman–Crippen MR) is 0 cm³/mol. The van der Waals surface area contributed by atoms with Gasteiger partial charge in [0.2, 0.25) is 0 Å². The van der Waals surface area contributed by atoms with E-state index in [4.69, 9.17) is 13.7 Å². The van der Waals surface area contributed by atoms with Crippen LogP contribution in [0.1, 0.15) is 0 Å². The van der Waals surface area contributed by atoms with Gasteiger partial charge in [0.05, 0.1) is 0 Å². The molecule has 0 rings (SSSR count). The maximum atomic E-state index is 8.48. The predicted octanol–water partition coefficient (Wildman–Crippen LogP) is -10.8. The van der Waals surface area contributed by atoms with E-state index in [1.807, 2.05) is 0 Å². The van der Waals surface area contributed by atoms with Crippen molar-refractivity contribution in [2.24, 2.45) is 0 Å². The maximum Gasteiger partial charge on any atom is 2.00 e. The molecule has 0 aromatic heterocycles. The van der Waals surface area contributed by atoms with Crippen molar-refractivity contribution in [3.8, 4) is 0 Å². The van der Waals surface area contributed by atoms with E-state index in [-0.39, 0.29) is 19.5 Å². The molecule has 4 nitrogen and oxygen atoms in total. The summed E-state index contributed by atoms with van der Waals surface area (Å²) in [4.78, 5) is 0. The van der Waals surface area contributed by atoms with Gasteiger partial charge < -0.3 is 13.7 Å². The molecule has 0 fully saturated rings. The Morgan fingerprint density at radius 2 is 0.714 bits per heavy atom. The first-order valence-electron chi connectivity index (χ1n) is 0.617. The Hall–Kier alpha value is 1.92. The summed E-state index contributed by atoms with van der Waals surface area (Å²) >= 11 is -3.82. The monoisotopic (exact) mass is 382 g/mol. The van der Waals surface area contributed by atoms with Gasteiger partial charge in [0, 0.05) is 0 Å². The van der Waals surface area contributed by atoms with Crippen molar-refractivity contribution in [2.45, 2.75) is 0 Å². The third-order valence-electron chi connectivity index (χ3n) is 0. The van der Waals surface area contributed by atoms with Crippen LogP contribution in [0.15, 0.2) is 0 Å². The van der Waals surface area contributed by atoms with E-state index >= 15 is 0 Å². The fourth-order valence-corrected chi connectivity index (χ4v) is 0. The van der Waals surface area contributed by atoms with Crippen LogP contribution in [0.4, 0.5) is 0 Å². The number of rotatable bonds is 0. The molecule has 0 unspecified atom stereocenters. The van der Waals surface area contributed by atoms with Crippen molar-refractivity contribution in [1.29, 1.82) is 0 Å². The van der Waals surface area contributed by atoms with Crippen LogP contribution in [0, 0.1) is 0 Å². The molecule has 0 saturated heterocycles. The van der Waals surface area contributed by atoms with Gasteiger partial charge >= 0.3 is 19.5 Å². The second-order valence-corrected chi connectivity index (χ2v) is 0.845. The molecule has 0 spiro atoms. The van der Waals surface area contributed by atoms with Gasteiger partial charge in [-0.15, -0.1) is 0 Å². The fraction of sp³-hybridized carbons (Fsp3) is 0. The molecule has 0 aromatic rings. The van der Waals surface area contributed by atoms with Gasteiger partial charge in [-0.3, -0.25) is 0 Å². The Labute approximate surface area is 76.4 Å². The quantitative estimate of drug-likeness (QED) is 0.307. The Balaban J connectivity index is -0.0000000400. The maximum absolute atomic E-state index is 8.48. The molecule has 0 bridgehead atoms. The number of hydrogen-bond donors (Lipinski definition) is 0. The summed E-state index contributed by atoms with van der Waals surface area (Å²) < 4.78 is 33.9. The minimum Gasteiger partial charge on any atom is -0.599 e. The molecule has 0 saturated carbocycles. The molecule has 7 heavy (non-hydrogen) atoms. The van der Waals surface area contributed by atoms with Crippen molar-refractivity contribution in [2.75, 3.05) is 0 Å². The van der Waals surface area contributed by atoms with Gasteiger partial charge in [0.15, 0.2) is 44.1 Å². The average molecular weight is 383 g/mol. The Kier molecular flexibility index (Phi) is 56.3. The molecule has 0 radical (unpaired) electrons. The van der Waals surface area contributed by atoms with Crippen molar-refractivity contribution in [1.82, 2.24) is 0 Å². The summed E-state index contributed by atoms with van der Waals surface area (Å²) in [6.45, 7) is 0. The zero-order valence-corrected chi connectivity index (χ0v) is 10.4. The summed E-state index contributed by atoms with van der Waals surface area (Å²) in [5.74, 6) is 0. The molecule has 0 N–H and O–H groups in total. The van der Waals surface area contributed by atoms with Crippen LogP contribution in [0.5, 0.6) is 0 Å². The molecule has 0 aliphatic rings. The summed E-state index contributed by atoms with van der Waals surface area (Å²) in [7, 11) is 0. The van der Waals surface area contributed by atoms with E-state index in [0.29, 0.717) is 0 Å². The third kappa shape index (κ3) is 75.1. The first-order chi connectivity index (χ1) is 2.83. The third-order valence-corrected chi connectivity index (χ3v) is 0. The number of halogens is 2. The standard InChI is InChI=1S/2IO2.Zn/c2*2-1-3;/q2*-1;+2. The van der Waals surface area contributed by atoms with Gasteiger partial charge in [0.1, 0.15) is 0 Å². The molecular formula is I2O4Zn. The van der Waals surface area contributed by atoms with Crippen LogP contribution in [0.25, 0.3) is 0 Å². The van der Waals surface area contributed by atoms with E-state index in [2.05, 4.69) is 0 Å². The second kappa shape index (κ2) is 24.7. The van der Waals surface area contributed by atoms with Crippen LogP contribution in [0.3, 0.4) is 0 Å². The van der Waals surface area contributed by atoms with Crippen molar-refractivity contribution < 1.29 is 77.3 Å². The van der Waals surface area contributed by atoms with E-state index in [0.717, 1.165) is 0 Å². The van der Waals surface area contributed by atoms with Crippen molar-refractivity contribution in [3.63, 3.8) is 0 Å². The SMILES string of the molecule is [O-][I+][O-].[O-][I+][O-].[Zn+2]. The average Bonchev–Trinajstić information content (AvgIpc) is 1.39. The van der Waals surface area contributed by atoms with Gasteiger partial charge in [0.25, 0.3) is 0 Å². The molecule has 0 aliphatic carbocycles. The first-order valence-corrected chi connectivity index (χ1v) is 4.14. The Morgan fingerprint density at radius 3 is 0.714 bits per heavy atom. The van der Waals surface area contributed by atoms with Crippen LogP contribution in [-0.2, 0) is 19.5 Å². The molecule has 0 aliphatic heterocycles. The molecular weight excluding hydrogens is 383 g/mol. The summed E-state index contributed by atoms with van der Waals surface area (Å²) in [6.07, 6.45) is 0. The second-order valence-electron chi connectivity index (χ2n) is 0.126. The van der Waals surface area contributed by atoms with Crippen molar-refractivity contribution in [3.05, 3.63) is 0 Å². The first kappa shape index (κ1) is 16.0.